The molecule has 0 aromatic heterocycles. The molecule has 1 aromatic carbocycles. The summed E-state index contributed by atoms with van der Waals surface area (Å²) in [6, 6.07) is 9.10. The monoisotopic (exact) mass is 267 g/mol. The fraction of sp³-hybridized carbons (Fsp3) is 0.571. The van der Waals surface area contributed by atoms with Gasteiger partial charge in [-0.1, -0.05) is 23.7 Å². The number of nitrogens with one attached hydrogen (secondary N) is 1. The predicted octanol–water partition coefficient (Wildman–Crippen LogP) is 1.85. The summed E-state index contributed by atoms with van der Waals surface area (Å²) in [6.07, 6.45) is 0. The Bertz CT molecular complexity index is 377. The molecule has 0 aliphatic carbocycles. The highest BCUT2D eigenvalue weighted by molar-refractivity contribution is 6.30. The van der Waals surface area contributed by atoms with E-state index in [1.54, 1.807) is 0 Å². The molecular weight excluding hydrogens is 246 g/mol. The predicted molar refractivity (Wildman–Crippen MR) is 77.2 cm³/mol. The second kappa shape index (κ2) is 6.02. The fourth-order valence-corrected chi connectivity index (χ4v) is 2.83. The van der Waals surface area contributed by atoms with Crippen LogP contribution in [0.1, 0.15) is 11.6 Å². The van der Waals surface area contributed by atoms with E-state index in [9.17, 15) is 0 Å². The molecular formula is C14H22ClN3. The van der Waals surface area contributed by atoms with Crippen molar-refractivity contribution < 1.29 is 0 Å². The Kier molecular flexibility index (Phi) is 4.62. The van der Waals surface area contributed by atoms with Crippen molar-refractivity contribution in [1.29, 1.82) is 0 Å². The van der Waals surface area contributed by atoms with Gasteiger partial charge in [-0.15, -0.1) is 0 Å². The Labute approximate surface area is 115 Å². The van der Waals surface area contributed by atoms with Crippen LogP contribution in [0.2, 0.25) is 5.02 Å². The van der Waals surface area contributed by atoms with E-state index in [1.165, 1.54) is 5.56 Å². The maximum Gasteiger partial charge on any atom is 0.0510 e. The van der Waals surface area contributed by atoms with Crippen LogP contribution in [0.5, 0.6) is 0 Å². The summed E-state index contributed by atoms with van der Waals surface area (Å²) in [5.74, 6) is 0. The summed E-state index contributed by atoms with van der Waals surface area (Å²) < 4.78 is 0. The molecule has 1 saturated heterocycles. The second-order valence-corrected chi connectivity index (χ2v) is 5.65. The molecule has 1 N–H and O–H groups in total. The van der Waals surface area contributed by atoms with Gasteiger partial charge in [-0.2, -0.15) is 0 Å². The maximum atomic E-state index is 5.97. The average Bonchev–Trinajstić information content (AvgIpc) is 2.34. The number of hydrogen-bond donors (Lipinski definition) is 1. The van der Waals surface area contributed by atoms with E-state index in [-0.39, 0.29) is 0 Å². The van der Waals surface area contributed by atoms with E-state index in [0.717, 1.165) is 24.7 Å². The van der Waals surface area contributed by atoms with Crippen LogP contribution in [0.15, 0.2) is 24.3 Å². The normalized spacial score (nSPS) is 23.3. The van der Waals surface area contributed by atoms with Crippen molar-refractivity contribution in [1.82, 2.24) is 15.1 Å². The summed E-state index contributed by atoms with van der Waals surface area (Å²) in [5.41, 5.74) is 1.32. The summed E-state index contributed by atoms with van der Waals surface area (Å²) >= 11 is 5.97. The molecule has 0 amide bonds. The van der Waals surface area contributed by atoms with Crippen LogP contribution >= 0.6 is 11.6 Å². The van der Waals surface area contributed by atoms with Crippen molar-refractivity contribution in [3.8, 4) is 0 Å². The van der Waals surface area contributed by atoms with Crippen LogP contribution < -0.4 is 5.32 Å². The zero-order valence-corrected chi connectivity index (χ0v) is 12.1. The maximum absolute atomic E-state index is 5.97. The molecule has 1 heterocycles. The molecule has 1 fully saturated rings. The number of rotatable bonds is 3. The molecule has 1 aromatic rings. The third kappa shape index (κ3) is 3.04. The number of hydrogen-bond acceptors (Lipinski definition) is 3. The van der Waals surface area contributed by atoms with Gasteiger partial charge in [-0.25, -0.2) is 0 Å². The first-order chi connectivity index (χ1) is 8.59. The quantitative estimate of drug-likeness (QED) is 0.902. The minimum atomic E-state index is 0.389. The molecule has 2 rings (SSSR count). The number of benzene rings is 1. The van der Waals surface area contributed by atoms with Gasteiger partial charge in [0.1, 0.15) is 0 Å². The minimum absolute atomic E-state index is 0.389. The van der Waals surface area contributed by atoms with Gasteiger partial charge in [0.05, 0.1) is 6.04 Å². The third-order valence-electron chi connectivity index (χ3n) is 3.69. The van der Waals surface area contributed by atoms with Gasteiger partial charge in [0.15, 0.2) is 0 Å². The Balaban J connectivity index is 2.24. The van der Waals surface area contributed by atoms with Crippen LogP contribution in [0.25, 0.3) is 0 Å². The Morgan fingerprint density at radius 1 is 1.33 bits per heavy atom. The molecule has 2 atom stereocenters. The Morgan fingerprint density at radius 2 is 2.00 bits per heavy atom. The Morgan fingerprint density at radius 3 is 2.56 bits per heavy atom. The highest BCUT2D eigenvalue weighted by Crippen LogP contribution is 2.27. The van der Waals surface area contributed by atoms with Crippen LogP contribution in [0.3, 0.4) is 0 Å². The van der Waals surface area contributed by atoms with E-state index < -0.39 is 0 Å². The lowest BCUT2D eigenvalue weighted by atomic mass is 9.96. The molecule has 18 heavy (non-hydrogen) atoms. The molecule has 0 saturated carbocycles. The van der Waals surface area contributed by atoms with E-state index in [1.807, 2.05) is 12.1 Å². The summed E-state index contributed by atoms with van der Waals surface area (Å²) in [5, 5.41) is 4.28. The van der Waals surface area contributed by atoms with Crippen LogP contribution in [0, 0.1) is 0 Å². The molecule has 4 heteroatoms. The largest absolute Gasteiger partial charge is 0.314 e. The van der Waals surface area contributed by atoms with E-state index in [0.29, 0.717) is 12.1 Å². The molecule has 1 aliphatic heterocycles. The second-order valence-electron chi connectivity index (χ2n) is 5.21. The van der Waals surface area contributed by atoms with E-state index in [4.69, 9.17) is 11.6 Å². The van der Waals surface area contributed by atoms with Gasteiger partial charge in [0, 0.05) is 30.7 Å². The standard InChI is InChI=1S/C14H22ClN3/c1-17(2)14(11-4-6-12(15)7-5-11)13-10-16-8-9-18(13)3/h4-7,13-14,16H,8-10H2,1-3H3. The van der Waals surface area contributed by atoms with Crippen LogP contribution in [-0.4, -0.2) is 56.6 Å². The zero-order valence-electron chi connectivity index (χ0n) is 11.4. The first-order valence-electron chi connectivity index (χ1n) is 6.42. The van der Waals surface area contributed by atoms with Crippen molar-refractivity contribution in [2.45, 2.75) is 12.1 Å². The molecule has 0 spiro atoms. The molecule has 0 bridgehead atoms. The first-order valence-corrected chi connectivity index (χ1v) is 6.80. The van der Waals surface area contributed by atoms with Crippen LogP contribution in [-0.2, 0) is 0 Å². The van der Waals surface area contributed by atoms with Gasteiger partial charge in [-0.3, -0.25) is 4.90 Å². The average molecular weight is 268 g/mol. The van der Waals surface area contributed by atoms with Crippen molar-refractivity contribution in [3.05, 3.63) is 34.9 Å². The van der Waals surface area contributed by atoms with Crippen molar-refractivity contribution in [2.24, 2.45) is 0 Å². The molecule has 100 valence electrons. The molecule has 1 aliphatic rings. The number of piperazine rings is 1. The van der Waals surface area contributed by atoms with Gasteiger partial charge in [-0.05, 0) is 38.8 Å². The number of halogens is 1. The van der Waals surface area contributed by atoms with Crippen molar-refractivity contribution in [3.63, 3.8) is 0 Å². The lowest BCUT2D eigenvalue weighted by molar-refractivity contribution is 0.107. The van der Waals surface area contributed by atoms with E-state index in [2.05, 4.69) is 48.4 Å². The molecule has 0 radical (unpaired) electrons. The lowest BCUT2D eigenvalue weighted by Gasteiger charge is -2.41. The van der Waals surface area contributed by atoms with E-state index >= 15 is 0 Å². The highest BCUT2D eigenvalue weighted by atomic mass is 35.5. The fourth-order valence-electron chi connectivity index (χ4n) is 2.70. The lowest BCUT2D eigenvalue weighted by Crippen LogP contribution is -2.54. The van der Waals surface area contributed by atoms with Crippen molar-refractivity contribution >= 4 is 11.6 Å². The summed E-state index contributed by atoms with van der Waals surface area (Å²) in [6.45, 7) is 3.21. The SMILES string of the molecule is CN(C)C(c1ccc(Cl)cc1)C1CNCCN1C. The molecule has 3 nitrogen and oxygen atoms in total. The first kappa shape index (κ1) is 13.8. The summed E-state index contributed by atoms with van der Waals surface area (Å²) in [4.78, 5) is 4.73. The topological polar surface area (TPSA) is 18.5 Å². The highest BCUT2D eigenvalue weighted by Gasteiger charge is 2.30. The minimum Gasteiger partial charge on any atom is -0.314 e. The van der Waals surface area contributed by atoms with Gasteiger partial charge >= 0.3 is 0 Å². The van der Waals surface area contributed by atoms with Gasteiger partial charge < -0.3 is 10.2 Å². The van der Waals surface area contributed by atoms with Crippen molar-refractivity contribution in [2.75, 3.05) is 40.8 Å². The van der Waals surface area contributed by atoms with Gasteiger partial charge in [0.2, 0.25) is 0 Å². The molecule has 2 unspecified atom stereocenters. The third-order valence-corrected chi connectivity index (χ3v) is 3.95. The van der Waals surface area contributed by atoms with Gasteiger partial charge in [0.25, 0.3) is 0 Å². The zero-order chi connectivity index (χ0) is 13.1. The number of nitrogens with zero attached hydrogens (tertiary/aromatic N) is 2. The smallest absolute Gasteiger partial charge is 0.0510 e. The number of likely N-dealkylation sites (N-methyl/N-ethyl adjacent to an activating group) is 2. The summed E-state index contributed by atoms with van der Waals surface area (Å²) in [7, 11) is 6.49. The van der Waals surface area contributed by atoms with Crippen LogP contribution in [0.4, 0.5) is 0 Å². The Hall–Kier alpha value is -0.610.